The second-order valence-corrected chi connectivity index (χ2v) is 4.74. The molecule has 0 N–H and O–H groups in total. The van der Waals surface area contributed by atoms with Gasteiger partial charge in [0.2, 0.25) is 0 Å². The molecular formula is C14H16O2. The zero-order chi connectivity index (χ0) is 11.8. The molecular weight excluding hydrogens is 200 g/mol. The van der Waals surface area contributed by atoms with Gasteiger partial charge in [-0.15, -0.1) is 0 Å². The minimum atomic E-state index is -0.324. The Morgan fingerprint density at radius 1 is 1.25 bits per heavy atom. The van der Waals surface area contributed by atoms with E-state index in [0.717, 1.165) is 18.4 Å². The zero-order valence-corrected chi connectivity index (χ0v) is 9.75. The van der Waals surface area contributed by atoms with E-state index in [-0.39, 0.29) is 11.2 Å². The summed E-state index contributed by atoms with van der Waals surface area (Å²) in [5.74, 6) is 0.387. The summed E-state index contributed by atoms with van der Waals surface area (Å²) in [6.45, 7) is 3.56. The average molecular weight is 216 g/mol. The number of carbonyl (C=O) groups excluding carboxylic acids is 2. The molecule has 1 aliphatic rings. The van der Waals surface area contributed by atoms with E-state index in [1.807, 2.05) is 31.2 Å². The Hall–Kier alpha value is -1.44. The fraction of sp³-hybridized carbons (Fsp3) is 0.429. The highest BCUT2D eigenvalue weighted by Crippen LogP contribution is 2.37. The number of carbonyl (C=O) groups is 2. The SMILES string of the molecule is CC(=O)c1ccc([C@@]2(C)CCCC2=O)cc1. The van der Waals surface area contributed by atoms with Gasteiger partial charge in [0.05, 0.1) is 5.41 Å². The highest BCUT2D eigenvalue weighted by molar-refractivity contribution is 5.95. The van der Waals surface area contributed by atoms with Gasteiger partial charge >= 0.3 is 0 Å². The van der Waals surface area contributed by atoms with Crippen LogP contribution in [0.3, 0.4) is 0 Å². The van der Waals surface area contributed by atoms with E-state index in [9.17, 15) is 9.59 Å². The van der Waals surface area contributed by atoms with Gasteiger partial charge < -0.3 is 0 Å². The molecule has 1 aliphatic carbocycles. The van der Waals surface area contributed by atoms with Gasteiger partial charge in [-0.1, -0.05) is 24.3 Å². The molecule has 0 amide bonds. The van der Waals surface area contributed by atoms with Crippen molar-refractivity contribution in [3.05, 3.63) is 35.4 Å². The average Bonchev–Trinajstić information content (AvgIpc) is 2.61. The zero-order valence-electron chi connectivity index (χ0n) is 9.75. The molecule has 2 rings (SSSR count). The lowest BCUT2D eigenvalue weighted by atomic mass is 9.80. The van der Waals surface area contributed by atoms with Crippen LogP contribution in [0.15, 0.2) is 24.3 Å². The van der Waals surface area contributed by atoms with Crippen molar-refractivity contribution in [2.75, 3.05) is 0 Å². The van der Waals surface area contributed by atoms with Crippen molar-refractivity contribution in [1.82, 2.24) is 0 Å². The predicted molar refractivity (Wildman–Crippen MR) is 62.7 cm³/mol. The maximum absolute atomic E-state index is 11.8. The summed E-state index contributed by atoms with van der Waals surface area (Å²) in [6, 6.07) is 7.46. The number of hydrogen-bond acceptors (Lipinski definition) is 2. The van der Waals surface area contributed by atoms with Crippen LogP contribution in [0.1, 0.15) is 49.0 Å². The summed E-state index contributed by atoms with van der Waals surface area (Å²) in [6.07, 6.45) is 2.58. The van der Waals surface area contributed by atoms with E-state index in [2.05, 4.69) is 0 Å². The second-order valence-electron chi connectivity index (χ2n) is 4.74. The molecule has 1 aromatic rings. The van der Waals surface area contributed by atoms with Gasteiger partial charge in [-0.05, 0) is 32.3 Å². The lowest BCUT2D eigenvalue weighted by Gasteiger charge is -2.22. The van der Waals surface area contributed by atoms with E-state index < -0.39 is 0 Å². The first-order valence-corrected chi connectivity index (χ1v) is 5.69. The van der Waals surface area contributed by atoms with Crippen LogP contribution in [0.5, 0.6) is 0 Å². The van der Waals surface area contributed by atoms with Gasteiger partial charge in [-0.2, -0.15) is 0 Å². The number of Topliss-reactive ketones (excluding diaryl/α,β-unsaturated/α-hetero) is 2. The van der Waals surface area contributed by atoms with Gasteiger partial charge in [-0.25, -0.2) is 0 Å². The second kappa shape index (κ2) is 3.85. The van der Waals surface area contributed by atoms with Crippen LogP contribution in [-0.2, 0) is 10.2 Å². The Kier molecular flexibility index (Phi) is 2.66. The largest absolute Gasteiger partial charge is 0.299 e. The topological polar surface area (TPSA) is 34.1 Å². The number of rotatable bonds is 2. The Bertz CT molecular complexity index is 431. The van der Waals surface area contributed by atoms with Gasteiger partial charge in [0.15, 0.2) is 5.78 Å². The highest BCUT2D eigenvalue weighted by atomic mass is 16.1. The number of hydrogen-bond donors (Lipinski definition) is 0. The molecule has 84 valence electrons. The first-order chi connectivity index (χ1) is 7.54. The van der Waals surface area contributed by atoms with E-state index in [4.69, 9.17) is 0 Å². The molecule has 0 bridgehead atoms. The van der Waals surface area contributed by atoms with Crippen LogP contribution in [-0.4, -0.2) is 11.6 Å². The fourth-order valence-corrected chi connectivity index (χ4v) is 2.40. The Labute approximate surface area is 95.7 Å². The molecule has 2 nitrogen and oxygen atoms in total. The van der Waals surface area contributed by atoms with Crippen LogP contribution < -0.4 is 0 Å². The third-order valence-corrected chi connectivity index (χ3v) is 3.62. The highest BCUT2D eigenvalue weighted by Gasteiger charge is 2.38. The molecule has 0 unspecified atom stereocenters. The van der Waals surface area contributed by atoms with Crippen LogP contribution >= 0.6 is 0 Å². The minimum Gasteiger partial charge on any atom is -0.299 e. The molecule has 0 radical (unpaired) electrons. The summed E-state index contributed by atoms with van der Waals surface area (Å²) >= 11 is 0. The van der Waals surface area contributed by atoms with Crippen molar-refractivity contribution in [3.63, 3.8) is 0 Å². The summed E-state index contributed by atoms with van der Waals surface area (Å²) in [7, 11) is 0. The van der Waals surface area contributed by atoms with E-state index in [1.165, 1.54) is 0 Å². The molecule has 0 heterocycles. The van der Waals surface area contributed by atoms with Crippen LogP contribution in [0.4, 0.5) is 0 Å². The lowest BCUT2D eigenvalue weighted by molar-refractivity contribution is -0.121. The quantitative estimate of drug-likeness (QED) is 0.712. The minimum absolute atomic E-state index is 0.0643. The van der Waals surface area contributed by atoms with Crippen molar-refractivity contribution < 1.29 is 9.59 Å². The first-order valence-electron chi connectivity index (χ1n) is 5.69. The normalized spacial score (nSPS) is 24.8. The van der Waals surface area contributed by atoms with E-state index >= 15 is 0 Å². The van der Waals surface area contributed by atoms with Gasteiger partial charge in [0.25, 0.3) is 0 Å². The summed E-state index contributed by atoms with van der Waals surface area (Å²) in [4.78, 5) is 23.0. The van der Waals surface area contributed by atoms with Crippen LogP contribution in [0.25, 0.3) is 0 Å². The molecule has 16 heavy (non-hydrogen) atoms. The standard InChI is InChI=1S/C14H16O2/c1-10(15)11-5-7-12(8-6-11)14(2)9-3-4-13(14)16/h5-8H,3-4,9H2,1-2H3/t14-/m1/s1. The monoisotopic (exact) mass is 216 g/mol. The molecule has 0 aliphatic heterocycles. The van der Waals surface area contributed by atoms with Gasteiger partial charge in [-0.3, -0.25) is 9.59 Å². The molecule has 1 atom stereocenters. The van der Waals surface area contributed by atoms with E-state index in [0.29, 0.717) is 17.8 Å². The molecule has 0 aromatic heterocycles. The van der Waals surface area contributed by atoms with Crippen molar-refractivity contribution in [3.8, 4) is 0 Å². The van der Waals surface area contributed by atoms with Crippen LogP contribution in [0.2, 0.25) is 0 Å². The first kappa shape index (κ1) is 11.1. The number of benzene rings is 1. The van der Waals surface area contributed by atoms with Crippen LogP contribution in [0, 0.1) is 0 Å². The molecule has 0 spiro atoms. The third-order valence-electron chi connectivity index (χ3n) is 3.62. The molecule has 0 saturated heterocycles. The van der Waals surface area contributed by atoms with Crippen molar-refractivity contribution in [2.45, 2.75) is 38.5 Å². The Balaban J connectivity index is 2.34. The third kappa shape index (κ3) is 1.69. The summed E-state index contributed by atoms with van der Waals surface area (Å²) in [5, 5.41) is 0. The van der Waals surface area contributed by atoms with Gasteiger partial charge in [0, 0.05) is 12.0 Å². The maximum Gasteiger partial charge on any atom is 0.159 e. The number of ketones is 2. The van der Waals surface area contributed by atoms with Gasteiger partial charge in [0.1, 0.15) is 5.78 Å². The molecule has 1 fully saturated rings. The Morgan fingerprint density at radius 2 is 1.88 bits per heavy atom. The van der Waals surface area contributed by atoms with Crippen molar-refractivity contribution in [2.24, 2.45) is 0 Å². The summed E-state index contributed by atoms with van der Waals surface area (Å²) in [5.41, 5.74) is 1.42. The fourth-order valence-electron chi connectivity index (χ4n) is 2.40. The molecule has 2 heteroatoms. The van der Waals surface area contributed by atoms with Crippen molar-refractivity contribution in [1.29, 1.82) is 0 Å². The maximum atomic E-state index is 11.8. The van der Waals surface area contributed by atoms with Crippen molar-refractivity contribution >= 4 is 11.6 Å². The summed E-state index contributed by atoms with van der Waals surface area (Å²) < 4.78 is 0. The Morgan fingerprint density at radius 3 is 2.31 bits per heavy atom. The van der Waals surface area contributed by atoms with E-state index in [1.54, 1.807) is 6.92 Å². The smallest absolute Gasteiger partial charge is 0.159 e. The lowest BCUT2D eigenvalue weighted by Crippen LogP contribution is -2.26. The predicted octanol–water partition coefficient (Wildman–Crippen LogP) is 2.90. The molecule has 1 saturated carbocycles. The molecule has 1 aromatic carbocycles.